The molecule has 2 bridgehead atoms. The lowest BCUT2D eigenvalue weighted by Crippen LogP contribution is -2.39. The number of hydrogen-bond acceptors (Lipinski definition) is 6. The fourth-order valence-electron chi connectivity index (χ4n) is 5.86. The quantitative estimate of drug-likeness (QED) is 0.507. The third kappa shape index (κ3) is 3.23. The van der Waals surface area contributed by atoms with Gasteiger partial charge in [0.25, 0.3) is 0 Å². The number of aryl methyl sites for hydroxylation is 2. The van der Waals surface area contributed by atoms with Crippen molar-refractivity contribution in [1.82, 2.24) is 25.1 Å². The first kappa shape index (κ1) is 23.1. The van der Waals surface area contributed by atoms with E-state index in [1.165, 1.54) is 0 Å². The summed E-state index contributed by atoms with van der Waals surface area (Å²) in [6.45, 7) is 4.05. The van der Waals surface area contributed by atoms with Crippen molar-refractivity contribution in [2.45, 2.75) is 31.6 Å². The number of tetrazole rings is 1. The number of benzene rings is 2. The fourth-order valence-corrected chi connectivity index (χ4v) is 6.37. The second-order valence-electron chi connectivity index (χ2n) is 9.46. The molecule has 1 spiro atoms. The first-order chi connectivity index (χ1) is 17.2. The number of rotatable bonds is 5. The summed E-state index contributed by atoms with van der Waals surface area (Å²) in [6, 6.07) is 10.1. The fraction of sp³-hybridized carbons (Fsp3) is 0.320. The second-order valence-corrected chi connectivity index (χ2v) is 10.3. The number of amides is 1. The predicted octanol–water partition coefficient (Wildman–Crippen LogP) is 3.54. The summed E-state index contributed by atoms with van der Waals surface area (Å²) in [5.41, 5.74) is 2.22. The van der Waals surface area contributed by atoms with Crippen LogP contribution in [0.4, 0.5) is 0 Å². The van der Waals surface area contributed by atoms with Crippen LogP contribution in [0.5, 0.6) is 0 Å². The third-order valence-corrected chi connectivity index (χ3v) is 7.94. The Kier molecular flexibility index (Phi) is 5.22. The van der Waals surface area contributed by atoms with Crippen LogP contribution >= 0.6 is 23.2 Å². The van der Waals surface area contributed by atoms with Gasteiger partial charge in [-0.2, -0.15) is 4.68 Å². The molecule has 1 aromatic heterocycles. The molecule has 6 rings (SSSR count). The molecule has 184 valence electrons. The summed E-state index contributed by atoms with van der Waals surface area (Å²) >= 11 is 12.8. The Morgan fingerprint density at radius 1 is 1.22 bits per heavy atom. The van der Waals surface area contributed by atoms with Gasteiger partial charge in [0.15, 0.2) is 5.82 Å². The molecule has 0 radical (unpaired) electrons. The number of fused-ring (bicyclic) bond motifs is 1. The van der Waals surface area contributed by atoms with E-state index in [4.69, 9.17) is 27.9 Å². The van der Waals surface area contributed by atoms with Crippen LogP contribution in [0.1, 0.15) is 28.6 Å². The highest BCUT2D eigenvalue weighted by Gasteiger charge is 2.68. The molecule has 1 N–H and O–H groups in total. The van der Waals surface area contributed by atoms with Gasteiger partial charge >= 0.3 is 5.97 Å². The Labute approximate surface area is 216 Å². The van der Waals surface area contributed by atoms with Gasteiger partial charge < -0.3 is 14.7 Å². The van der Waals surface area contributed by atoms with Gasteiger partial charge in [-0.1, -0.05) is 59.6 Å². The number of carbonyl (C=O) groups excluding carboxylic acids is 1. The Bertz CT molecular complexity index is 1440. The first-order valence-corrected chi connectivity index (χ1v) is 12.2. The number of aliphatic carboxylic acids is 1. The van der Waals surface area contributed by atoms with E-state index >= 15 is 0 Å². The number of likely N-dealkylation sites (tertiary alicyclic amines) is 1. The van der Waals surface area contributed by atoms with Gasteiger partial charge in [-0.25, -0.2) is 0 Å². The molecule has 2 fully saturated rings. The largest absolute Gasteiger partial charge is 0.481 e. The first-order valence-electron chi connectivity index (χ1n) is 11.4. The van der Waals surface area contributed by atoms with E-state index in [0.29, 0.717) is 21.4 Å². The lowest BCUT2D eigenvalue weighted by atomic mass is 9.77. The maximum absolute atomic E-state index is 14.0. The van der Waals surface area contributed by atoms with Crippen molar-refractivity contribution in [3.05, 3.63) is 81.1 Å². The number of carboxylic acids is 1. The Morgan fingerprint density at radius 3 is 2.67 bits per heavy atom. The molecule has 3 aromatic rings. The number of para-hydroxylation sites is 1. The van der Waals surface area contributed by atoms with Crippen molar-refractivity contribution in [1.29, 1.82) is 0 Å². The molecule has 0 unspecified atom stereocenters. The molecule has 2 saturated heterocycles. The summed E-state index contributed by atoms with van der Waals surface area (Å²) in [6.07, 6.45) is 2.92. The van der Waals surface area contributed by atoms with Crippen molar-refractivity contribution >= 4 is 35.1 Å². The van der Waals surface area contributed by atoms with E-state index in [1.807, 2.05) is 38.1 Å². The topological polar surface area (TPSA) is 110 Å². The smallest absolute Gasteiger partial charge is 0.310 e. The molecule has 5 atom stereocenters. The zero-order valence-corrected chi connectivity index (χ0v) is 20.8. The van der Waals surface area contributed by atoms with Crippen LogP contribution in [0.3, 0.4) is 0 Å². The van der Waals surface area contributed by atoms with Crippen molar-refractivity contribution in [3.8, 4) is 5.69 Å². The molecule has 0 saturated carbocycles. The van der Waals surface area contributed by atoms with Crippen LogP contribution in [-0.2, 0) is 14.3 Å². The molecule has 11 heteroatoms. The summed E-state index contributed by atoms with van der Waals surface area (Å²) < 4.78 is 7.71. The minimum absolute atomic E-state index is 0.135. The number of carbonyl (C=O) groups is 2. The monoisotopic (exact) mass is 525 g/mol. The second kappa shape index (κ2) is 8.12. The highest BCUT2D eigenvalue weighted by atomic mass is 35.5. The van der Waals surface area contributed by atoms with E-state index in [-0.39, 0.29) is 12.5 Å². The van der Waals surface area contributed by atoms with Crippen LogP contribution in [-0.4, -0.2) is 60.3 Å². The standard InChI is InChI=1S/C25H21Cl2N5O4/c1-12-4-3-5-13(2)20(12)32-22(28-29-30-32)21(15-7-6-14(26)10-16(15)27)31-11-25-9-8-17(36-25)18(24(34)35)19(25)23(31)33/h3-10,17-19,21H,11H2,1-2H3,(H,34,35)/t17-,18+,19-,21+,25-/m1/s1. The minimum atomic E-state index is -1.06. The predicted molar refractivity (Wildman–Crippen MR) is 130 cm³/mol. The van der Waals surface area contributed by atoms with Crippen LogP contribution < -0.4 is 0 Å². The van der Waals surface area contributed by atoms with Crippen molar-refractivity contribution in [2.75, 3.05) is 6.54 Å². The SMILES string of the molecule is Cc1cccc(C)c1-n1nnnc1[C@H](c1ccc(Cl)cc1Cl)N1C[C@@]23C=C[C@@H](O2)[C@H](C(=O)O)[C@@H]3C1=O. The molecular formula is C25H21Cl2N5O4. The van der Waals surface area contributed by atoms with Gasteiger partial charge in [-0.05, 0) is 47.5 Å². The van der Waals surface area contributed by atoms with Gasteiger partial charge in [0.2, 0.25) is 5.91 Å². The maximum Gasteiger partial charge on any atom is 0.310 e. The number of halogens is 2. The van der Waals surface area contributed by atoms with Crippen molar-refractivity contribution in [3.63, 3.8) is 0 Å². The van der Waals surface area contributed by atoms with Crippen LogP contribution in [0.2, 0.25) is 10.0 Å². The molecule has 4 heterocycles. The summed E-state index contributed by atoms with van der Waals surface area (Å²) in [5, 5.41) is 23.2. The van der Waals surface area contributed by atoms with Gasteiger partial charge in [-0.15, -0.1) is 5.10 Å². The number of aromatic nitrogens is 4. The average Bonchev–Trinajstić information content (AvgIpc) is 3.57. The number of nitrogens with zero attached hydrogens (tertiary/aromatic N) is 5. The lowest BCUT2D eigenvalue weighted by Gasteiger charge is -2.30. The molecule has 3 aliphatic heterocycles. The molecule has 0 aliphatic carbocycles. The average molecular weight is 526 g/mol. The zero-order chi connectivity index (χ0) is 25.4. The molecule has 3 aliphatic rings. The Hall–Kier alpha value is -3.27. The van der Waals surface area contributed by atoms with E-state index in [0.717, 1.165) is 16.8 Å². The van der Waals surface area contributed by atoms with E-state index in [2.05, 4.69) is 15.5 Å². The summed E-state index contributed by atoms with van der Waals surface area (Å²) in [4.78, 5) is 27.6. The van der Waals surface area contributed by atoms with Crippen molar-refractivity contribution < 1.29 is 19.4 Å². The minimum Gasteiger partial charge on any atom is -0.481 e. The van der Waals surface area contributed by atoms with Crippen LogP contribution in [0, 0.1) is 25.7 Å². The highest BCUT2D eigenvalue weighted by Crippen LogP contribution is 2.54. The normalized spacial score (nSPS) is 27.1. The molecule has 9 nitrogen and oxygen atoms in total. The zero-order valence-electron chi connectivity index (χ0n) is 19.3. The molecular weight excluding hydrogens is 505 g/mol. The summed E-state index contributed by atoms with van der Waals surface area (Å²) in [5.74, 6) is -2.87. The number of ether oxygens (including phenoxy) is 1. The van der Waals surface area contributed by atoms with Gasteiger partial charge in [-0.3, -0.25) is 9.59 Å². The lowest BCUT2D eigenvalue weighted by molar-refractivity contribution is -0.148. The Balaban J connectivity index is 1.53. The summed E-state index contributed by atoms with van der Waals surface area (Å²) in [7, 11) is 0. The van der Waals surface area contributed by atoms with Crippen LogP contribution in [0.25, 0.3) is 5.69 Å². The molecule has 1 amide bonds. The van der Waals surface area contributed by atoms with Gasteiger partial charge in [0.1, 0.15) is 17.6 Å². The third-order valence-electron chi connectivity index (χ3n) is 7.37. The maximum atomic E-state index is 14.0. The van der Waals surface area contributed by atoms with Crippen LogP contribution in [0.15, 0.2) is 48.6 Å². The van der Waals surface area contributed by atoms with E-state index in [1.54, 1.807) is 33.9 Å². The van der Waals surface area contributed by atoms with E-state index < -0.39 is 35.6 Å². The van der Waals surface area contributed by atoms with Crippen molar-refractivity contribution in [2.24, 2.45) is 11.8 Å². The van der Waals surface area contributed by atoms with Gasteiger partial charge in [0.05, 0.1) is 24.3 Å². The molecule has 36 heavy (non-hydrogen) atoms. The molecule has 2 aromatic carbocycles. The van der Waals surface area contributed by atoms with Gasteiger partial charge in [0, 0.05) is 15.6 Å². The Morgan fingerprint density at radius 2 is 1.97 bits per heavy atom. The highest BCUT2D eigenvalue weighted by molar-refractivity contribution is 6.35. The number of hydrogen-bond donors (Lipinski definition) is 1. The van der Waals surface area contributed by atoms with E-state index in [9.17, 15) is 14.7 Å². The number of carboxylic acid groups (broad SMARTS) is 1.